The van der Waals surface area contributed by atoms with Gasteiger partial charge in [-0.05, 0) is 44.7 Å². The number of carbonyl (C=O) groups is 1. The summed E-state index contributed by atoms with van der Waals surface area (Å²) >= 11 is 0. The van der Waals surface area contributed by atoms with E-state index in [4.69, 9.17) is 4.99 Å². The summed E-state index contributed by atoms with van der Waals surface area (Å²) in [4.78, 5) is 18.9. The van der Waals surface area contributed by atoms with Crippen LogP contribution in [0.1, 0.15) is 45.4 Å². The van der Waals surface area contributed by atoms with Crippen molar-refractivity contribution in [2.24, 2.45) is 4.99 Å². The van der Waals surface area contributed by atoms with Crippen LogP contribution in [0.5, 0.6) is 0 Å². The lowest BCUT2D eigenvalue weighted by molar-refractivity contribution is -0.122. The quantitative estimate of drug-likeness (QED) is 0.179. The first-order valence-corrected chi connectivity index (χ1v) is 11.5. The Morgan fingerprint density at radius 3 is 2.75 bits per heavy atom. The summed E-state index contributed by atoms with van der Waals surface area (Å²) in [5.41, 5.74) is 0.880. The van der Waals surface area contributed by atoms with Gasteiger partial charge in [-0.25, -0.2) is 0 Å². The van der Waals surface area contributed by atoms with Gasteiger partial charge in [0.2, 0.25) is 5.91 Å². The molecule has 3 N–H and O–H groups in total. The first-order valence-electron chi connectivity index (χ1n) is 11.5. The van der Waals surface area contributed by atoms with E-state index in [1.807, 2.05) is 28.8 Å². The molecule has 2 aromatic heterocycles. The summed E-state index contributed by atoms with van der Waals surface area (Å²) in [6.07, 6.45) is 6.75. The van der Waals surface area contributed by atoms with Crippen LogP contribution in [-0.4, -0.2) is 76.7 Å². The molecular formula is C22H37IN8O. The summed E-state index contributed by atoms with van der Waals surface area (Å²) in [6.45, 7) is 8.82. The molecule has 0 unspecified atom stereocenters. The molecule has 2 aromatic rings. The predicted octanol–water partition coefficient (Wildman–Crippen LogP) is 1.83. The lowest BCUT2D eigenvalue weighted by atomic mass is 10.1. The number of carbonyl (C=O) groups excluding carboxylic acids is 1. The van der Waals surface area contributed by atoms with Gasteiger partial charge in [-0.3, -0.25) is 19.1 Å². The number of aliphatic imine (C=N–C) groups is 1. The van der Waals surface area contributed by atoms with Gasteiger partial charge in [0.1, 0.15) is 5.82 Å². The van der Waals surface area contributed by atoms with Crippen LogP contribution in [0.4, 0.5) is 0 Å². The van der Waals surface area contributed by atoms with Gasteiger partial charge in [0.25, 0.3) is 0 Å². The average molecular weight is 556 g/mol. The molecule has 0 spiro atoms. The van der Waals surface area contributed by atoms with E-state index in [0.717, 1.165) is 82.3 Å². The number of piperidine rings is 1. The number of aryl methyl sites for hydroxylation is 1. The van der Waals surface area contributed by atoms with Crippen molar-refractivity contribution < 1.29 is 4.79 Å². The maximum absolute atomic E-state index is 11.9. The number of nitrogens with one attached hydrogen (secondary N) is 3. The van der Waals surface area contributed by atoms with Crippen LogP contribution in [0, 0.1) is 0 Å². The predicted molar refractivity (Wildman–Crippen MR) is 139 cm³/mol. The molecular weight excluding hydrogens is 519 g/mol. The summed E-state index contributed by atoms with van der Waals surface area (Å²) in [5, 5.41) is 18.4. The topological polar surface area (TPSA) is 99.0 Å². The zero-order valence-electron chi connectivity index (χ0n) is 19.2. The third-order valence-electron chi connectivity index (χ3n) is 5.42. The lowest BCUT2D eigenvalue weighted by Crippen LogP contribution is -2.50. The number of likely N-dealkylation sites (tertiary alicyclic amines) is 1. The summed E-state index contributed by atoms with van der Waals surface area (Å²) < 4.78 is 2.03. The Bertz CT molecular complexity index is 847. The van der Waals surface area contributed by atoms with Crippen molar-refractivity contribution in [2.45, 2.75) is 52.0 Å². The maximum atomic E-state index is 11.9. The number of nitrogens with zero attached hydrogens (tertiary/aromatic N) is 5. The van der Waals surface area contributed by atoms with E-state index >= 15 is 0 Å². The van der Waals surface area contributed by atoms with Crippen molar-refractivity contribution >= 4 is 41.5 Å². The van der Waals surface area contributed by atoms with Crippen LogP contribution >= 0.6 is 24.0 Å². The van der Waals surface area contributed by atoms with Gasteiger partial charge in [-0.15, -0.1) is 34.2 Å². The van der Waals surface area contributed by atoms with Gasteiger partial charge in [0, 0.05) is 51.4 Å². The van der Waals surface area contributed by atoms with Crippen molar-refractivity contribution in [1.82, 2.24) is 35.4 Å². The second kappa shape index (κ2) is 14.2. The van der Waals surface area contributed by atoms with E-state index in [-0.39, 0.29) is 29.9 Å². The third-order valence-corrected chi connectivity index (χ3v) is 5.42. The van der Waals surface area contributed by atoms with Gasteiger partial charge in [0.15, 0.2) is 11.6 Å². The van der Waals surface area contributed by atoms with Gasteiger partial charge in [0.05, 0.1) is 6.54 Å². The molecule has 0 aromatic carbocycles. The highest BCUT2D eigenvalue weighted by molar-refractivity contribution is 14.0. The maximum Gasteiger partial charge on any atom is 0.234 e. The van der Waals surface area contributed by atoms with Crippen molar-refractivity contribution in [3.63, 3.8) is 0 Å². The molecule has 3 heterocycles. The Morgan fingerprint density at radius 2 is 2.00 bits per heavy atom. The molecule has 0 bridgehead atoms. The van der Waals surface area contributed by atoms with Crippen molar-refractivity contribution in [2.75, 3.05) is 39.3 Å². The second-order valence-corrected chi connectivity index (χ2v) is 7.95. The number of pyridine rings is 1. The van der Waals surface area contributed by atoms with E-state index in [9.17, 15) is 4.79 Å². The SMILES string of the molecule is CCCNC(=O)CN1CCC(NC(=NCCCc2nnc3ccccn23)NCC)CC1.I. The highest BCUT2D eigenvalue weighted by atomic mass is 127. The van der Waals surface area contributed by atoms with Gasteiger partial charge in [-0.1, -0.05) is 13.0 Å². The molecule has 1 saturated heterocycles. The first-order chi connectivity index (χ1) is 15.2. The van der Waals surface area contributed by atoms with Gasteiger partial charge in [-0.2, -0.15) is 0 Å². The molecule has 178 valence electrons. The largest absolute Gasteiger partial charge is 0.357 e. The van der Waals surface area contributed by atoms with E-state index < -0.39 is 0 Å². The minimum Gasteiger partial charge on any atom is -0.357 e. The van der Waals surface area contributed by atoms with Crippen LogP contribution < -0.4 is 16.0 Å². The number of hydrogen-bond donors (Lipinski definition) is 3. The number of amides is 1. The molecule has 1 aliphatic rings. The number of aromatic nitrogens is 3. The smallest absolute Gasteiger partial charge is 0.234 e. The Kier molecular flexibility index (Phi) is 11.7. The summed E-state index contributed by atoms with van der Waals surface area (Å²) in [7, 11) is 0. The van der Waals surface area contributed by atoms with Gasteiger partial charge < -0.3 is 16.0 Å². The summed E-state index contributed by atoms with van der Waals surface area (Å²) in [6, 6.07) is 6.31. The Hall–Kier alpha value is -1.95. The number of hydrogen-bond acceptors (Lipinski definition) is 5. The molecule has 0 aliphatic carbocycles. The molecule has 0 saturated carbocycles. The standard InChI is InChI=1S/C22H36N8O.HI/c1-3-12-24-21(31)17-29-15-10-18(11-16-29)26-22(23-4-2)25-13-7-9-20-28-27-19-8-5-6-14-30(19)20;/h5-6,8,14,18H,3-4,7,9-13,15-17H2,1-2H3,(H,24,31)(H2,23,25,26);1H. The second-order valence-electron chi connectivity index (χ2n) is 7.95. The van der Waals surface area contributed by atoms with Gasteiger partial charge >= 0.3 is 0 Å². The highest BCUT2D eigenvalue weighted by Crippen LogP contribution is 2.10. The molecule has 1 fully saturated rings. The highest BCUT2D eigenvalue weighted by Gasteiger charge is 2.21. The van der Waals surface area contributed by atoms with Crippen molar-refractivity contribution in [3.05, 3.63) is 30.2 Å². The fourth-order valence-electron chi connectivity index (χ4n) is 3.76. The zero-order chi connectivity index (χ0) is 21.9. The number of fused-ring (bicyclic) bond motifs is 1. The van der Waals surface area contributed by atoms with E-state index in [0.29, 0.717) is 12.6 Å². The van der Waals surface area contributed by atoms with Crippen molar-refractivity contribution in [1.29, 1.82) is 0 Å². The van der Waals surface area contributed by atoms with Crippen LogP contribution in [0.25, 0.3) is 5.65 Å². The number of guanidine groups is 1. The lowest BCUT2D eigenvalue weighted by Gasteiger charge is -2.32. The van der Waals surface area contributed by atoms with E-state index in [2.05, 4.69) is 44.9 Å². The molecule has 10 heteroatoms. The van der Waals surface area contributed by atoms with Crippen LogP contribution in [0.2, 0.25) is 0 Å². The third kappa shape index (κ3) is 8.19. The number of rotatable bonds is 10. The van der Waals surface area contributed by atoms with Crippen LogP contribution in [-0.2, 0) is 11.2 Å². The fourth-order valence-corrected chi connectivity index (χ4v) is 3.76. The number of halogens is 1. The minimum atomic E-state index is 0. The van der Waals surface area contributed by atoms with Crippen LogP contribution in [0.3, 0.4) is 0 Å². The molecule has 0 radical (unpaired) electrons. The zero-order valence-corrected chi connectivity index (χ0v) is 21.5. The van der Waals surface area contributed by atoms with E-state index in [1.165, 1.54) is 0 Å². The molecule has 1 amide bonds. The Balaban J connectivity index is 0.00000363. The van der Waals surface area contributed by atoms with E-state index in [1.54, 1.807) is 0 Å². The van der Waals surface area contributed by atoms with Crippen molar-refractivity contribution in [3.8, 4) is 0 Å². The molecule has 3 rings (SSSR count). The molecule has 1 aliphatic heterocycles. The molecule has 0 atom stereocenters. The molecule has 9 nitrogen and oxygen atoms in total. The fraction of sp³-hybridized carbons (Fsp3) is 0.636. The monoisotopic (exact) mass is 556 g/mol. The summed E-state index contributed by atoms with van der Waals surface area (Å²) in [5.74, 6) is 1.97. The average Bonchev–Trinajstić information content (AvgIpc) is 3.20. The minimum absolute atomic E-state index is 0. The Morgan fingerprint density at radius 1 is 1.19 bits per heavy atom. The van der Waals surface area contributed by atoms with Crippen LogP contribution in [0.15, 0.2) is 29.4 Å². The molecule has 32 heavy (non-hydrogen) atoms. The Labute approximate surface area is 207 Å². The first kappa shape index (κ1) is 26.3. The normalized spacial score (nSPS) is 15.4.